The van der Waals surface area contributed by atoms with Crippen molar-refractivity contribution < 1.29 is 13.2 Å². The van der Waals surface area contributed by atoms with E-state index in [9.17, 15) is 13.2 Å². The van der Waals surface area contributed by atoms with E-state index in [4.69, 9.17) is 0 Å². The first kappa shape index (κ1) is 11.9. The molecule has 0 amide bonds. The Morgan fingerprint density at radius 2 is 1.89 bits per heavy atom. The van der Waals surface area contributed by atoms with Crippen molar-refractivity contribution in [3.05, 3.63) is 30.3 Å². The fraction of sp³-hybridized carbons (Fsp3) is 0.500. The molecule has 0 aliphatic heterocycles. The predicted octanol–water partition coefficient (Wildman–Crippen LogP) is 2.22. The van der Waals surface area contributed by atoms with Gasteiger partial charge in [-0.2, -0.15) is 0 Å². The van der Waals surface area contributed by atoms with Gasteiger partial charge in [-0.1, -0.05) is 25.1 Å². The Kier molecular flexibility index (Phi) is 2.43. The van der Waals surface area contributed by atoms with Crippen LogP contribution in [0, 0.1) is 11.3 Å². The zero-order valence-corrected chi connectivity index (χ0v) is 11.1. The summed E-state index contributed by atoms with van der Waals surface area (Å²) < 4.78 is 25.1. The summed E-state index contributed by atoms with van der Waals surface area (Å²) in [6.45, 7) is 2.04. The van der Waals surface area contributed by atoms with Crippen molar-refractivity contribution in [2.45, 2.75) is 36.3 Å². The van der Waals surface area contributed by atoms with Crippen LogP contribution in [-0.2, 0) is 14.6 Å². The number of hydrogen-bond acceptors (Lipinski definition) is 3. The lowest BCUT2D eigenvalue weighted by Gasteiger charge is -2.43. The van der Waals surface area contributed by atoms with Crippen molar-refractivity contribution in [2.24, 2.45) is 11.3 Å². The number of sulfone groups is 1. The van der Waals surface area contributed by atoms with E-state index in [0.29, 0.717) is 6.42 Å². The van der Waals surface area contributed by atoms with Gasteiger partial charge in [-0.25, -0.2) is 8.42 Å². The van der Waals surface area contributed by atoms with Gasteiger partial charge in [0.15, 0.2) is 15.6 Å². The average molecular weight is 264 g/mol. The number of carbonyl (C=O) groups excluding carboxylic acids is 1. The molecule has 0 spiro atoms. The summed E-state index contributed by atoms with van der Waals surface area (Å²) in [5.74, 6) is -0.0703. The number of fused-ring (bicyclic) bond motifs is 1. The molecule has 2 saturated carbocycles. The molecule has 2 fully saturated rings. The van der Waals surface area contributed by atoms with E-state index in [1.54, 1.807) is 30.3 Å². The molecule has 3 nitrogen and oxygen atoms in total. The third-order valence-electron chi connectivity index (χ3n) is 4.59. The normalized spacial score (nSPS) is 35.1. The molecular weight excluding hydrogens is 248 g/mol. The van der Waals surface area contributed by atoms with Crippen LogP contribution in [0.3, 0.4) is 0 Å². The van der Waals surface area contributed by atoms with Crippen LogP contribution in [0.4, 0.5) is 0 Å². The summed E-state index contributed by atoms with van der Waals surface area (Å²) in [4.78, 5) is 12.4. The van der Waals surface area contributed by atoms with Crippen molar-refractivity contribution >= 4 is 15.6 Å². The number of carbonyl (C=O) groups is 1. The Bertz CT molecular complexity index is 591. The highest BCUT2D eigenvalue weighted by Crippen LogP contribution is 2.58. The Balaban J connectivity index is 2.03. The number of Topliss-reactive ketones (excluding diaryl/α,β-unsaturated/α-hetero) is 1. The standard InChI is InChI=1S/C14H16O3S/c1-14-8-7-11(14)13(12(15)9-14)18(16,17)10-5-3-2-4-6-10/h2-6,11,13H,7-9H2,1H3/t11-,13-,14-/m1/s1. The molecule has 3 rings (SSSR count). The van der Waals surface area contributed by atoms with Gasteiger partial charge in [-0.15, -0.1) is 0 Å². The molecule has 0 unspecified atom stereocenters. The molecule has 3 atom stereocenters. The Morgan fingerprint density at radius 1 is 1.22 bits per heavy atom. The molecule has 0 heterocycles. The number of hydrogen-bond donors (Lipinski definition) is 0. The second-order valence-electron chi connectivity index (χ2n) is 5.72. The molecule has 0 bridgehead atoms. The highest BCUT2D eigenvalue weighted by Gasteiger charge is 2.60. The maximum absolute atomic E-state index is 12.6. The van der Waals surface area contributed by atoms with Crippen LogP contribution < -0.4 is 0 Å². The van der Waals surface area contributed by atoms with Gasteiger partial charge >= 0.3 is 0 Å². The van der Waals surface area contributed by atoms with E-state index in [2.05, 4.69) is 0 Å². The summed E-state index contributed by atoms with van der Waals surface area (Å²) in [5.41, 5.74) is -0.0659. The van der Waals surface area contributed by atoms with Crippen LogP contribution in [0.25, 0.3) is 0 Å². The van der Waals surface area contributed by atoms with Gasteiger partial charge in [0, 0.05) is 6.42 Å². The van der Waals surface area contributed by atoms with Gasteiger partial charge < -0.3 is 0 Å². The molecule has 2 aliphatic rings. The van der Waals surface area contributed by atoms with Crippen molar-refractivity contribution in [2.75, 3.05) is 0 Å². The zero-order valence-electron chi connectivity index (χ0n) is 10.3. The first-order valence-corrected chi connectivity index (χ1v) is 7.81. The lowest BCUT2D eigenvalue weighted by Crippen LogP contribution is -2.41. The second-order valence-corrected chi connectivity index (χ2v) is 7.79. The quantitative estimate of drug-likeness (QED) is 0.823. The zero-order chi connectivity index (χ0) is 13.0. The number of rotatable bonds is 2. The second kappa shape index (κ2) is 3.67. The van der Waals surface area contributed by atoms with E-state index < -0.39 is 15.1 Å². The lowest BCUT2D eigenvalue weighted by molar-refractivity contribution is -0.117. The maximum Gasteiger partial charge on any atom is 0.188 e. The summed E-state index contributed by atoms with van der Waals surface area (Å²) in [7, 11) is -3.51. The molecule has 1 aromatic rings. The summed E-state index contributed by atoms with van der Waals surface area (Å²) >= 11 is 0. The summed E-state index contributed by atoms with van der Waals surface area (Å²) in [6, 6.07) is 8.34. The molecule has 18 heavy (non-hydrogen) atoms. The van der Waals surface area contributed by atoms with Crippen LogP contribution in [0.2, 0.25) is 0 Å². The van der Waals surface area contributed by atoms with Gasteiger partial charge in [-0.3, -0.25) is 4.79 Å². The highest BCUT2D eigenvalue weighted by atomic mass is 32.2. The first-order chi connectivity index (χ1) is 8.45. The maximum atomic E-state index is 12.6. The minimum absolute atomic E-state index is 0.0233. The number of benzene rings is 1. The van der Waals surface area contributed by atoms with Crippen LogP contribution in [-0.4, -0.2) is 19.5 Å². The van der Waals surface area contributed by atoms with Crippen molar-refractivity contribution in [1.29, 1.82) is 0 Å². The van der Waals surface area contributed by atoms with Crippen LogP contribution in [0.1, 0.15) is 26.2 Å². The molecule has 0 radical (unpaired) electrons. The average Bonchev–Trinajstić information content (AvgIpc) is 2.51. The van der Waals surface area contributed by atoms with Crippen LogP contribution in [0.15, 0.2) is 35.2 Å². The molecular formula is C14H16O3S. The van der Waals surface area contributed by atoms with Crippen molar-refractivity contribution in [3.63, 3.8) is 0 Å². The van der Waals surface area contributed by atoms with E-state index in [1.165, 1.54) is 0 Å². The van der Waals surface area contributed by atoms with Crippen molar-refractivity contribution in [1.82, 2.24) is 0 Å². The Labute approximate surface area is 107 Å². The Hall–Kier alpha value is -1.16. The summed E-state index contributed by atoms with van der Waals surface area (Å²) in [6.07, 6.45) is 2.26. The lowest BCUT2D eigenvalue weighted by atomic mass is 9.63. The van der Waals surface area contributed by atoms with Gasteiger partial charge in [0.05, 0.1) is 4.90 Å². The SMILES string of the molecule is C[C@]12CC[C@@H]1[C@@H](S(=O)(=O)c1ccccc1)C(=O)C2. The molecule has 0 N–H and O–H groups in total. The van der Waals surface area contributed by atoms with E-state index in [0.717, 1.165) is 12.8 Å². The molecule has 0 aromatic heterocycles. The van der Waals surface area contributed by atoms with E-state index >= 15 is 0 Å². The smallest absolute Gasteiger partial charge is 0.188 e. The largest absolute Gasteiger partial charge is 0.298 e. The van der Waals surface area contributed by atoms with Gasteiger partial charge in [0.1, 0.15) is 5.25 Å². The van der Waals surface area contributed by atoms with E-state index in [-0.39, 0.29) is 22.0 Å². The fourth-order valence-corrected chi connectivity index (χ4v) is 5.57. The van der Waals surface area contributed by atoms with Gasteiger partial charge in [0.2, 0.25) is 0 Å². The third-order valence-corrected chi connectivity index (χ3v) is 6.78. The topological polar surface area (TPSA) is 51.2 Å². The Morgan fingerprint density at radius 3 is 2.39 bits per heavy atom. The minimum Gasteiger partial charge on any atom is -0.298 e. The van der Waals surface area contributed by atoms with Gasteiger partial charge in [0.25, 0.3) is 0 Å². The fourth-order valence-electron chi connectivity index (χ4n) is 3.41. The highest BCUT2D eigenvalue weighted by molar-refractivity contribution is 7.92. The molecule has 96 valence electrons. The molecule has 1 aromatic carbocycles. The molecule has 0 saturated heterocycles. The van der Waals surface area contributed by atoms with Crippen LogP contribution in [0.5, 0.6) is 0 Å². The van der Waals surface area contributed by atoms with Crippen LogP contribution >= 0.6 is 0 Å². The van der Waals surface area contributed by atoms with E-state index in [1.807, 2.05) is 6.92 Å². The monoisotopic (exact) mass is 264 g/mol. The van der Waals surface area contributed by atoms with Crippen molar-refractivity contribution in [3.8, 4) is 0 Å². The van der Waals surface area contributed by atoms with Gasteiger partial charge in [-0.05, 0) is 36.3 Å². The molecule has 4 heteroatoms. The predicted molar refractivity (Wildman–Crippen MR) is 67.9 cm³/mol. The first-order valence-electron chi connectivity index (χ1n) is 6.27. The minimum atomic E-state index is -3.51. The summed E-state index contributed by atoms with van der Waals surface area (Å²) in [5, 5.41) is -0.807. The molecule has 2 aliphatic carbocycles. The number of ketones is 1. The third kappa shape index (κ3) is 1.48.